The van der Waals surface area contributed by atoms with Crippen molar-refractivity contribution in [1.82, 2.24) is 0 Å². The minimum absolute atomic E-state index is 0.0683. The van der Waals surface area contributed by atoms with Gasteiger partial charge in [0.25, 0.3) is 0 Å². The smallest absolute Gasteiger partial charge is 0.165 e. The Balaban J connectivity index is 2.94. The summed E-state index contributed by atoms with van der Waals surface area (Å²) in [5.41, 5.74) is 0.361. The fourth-order valence-electron chi connectivity index (χ4n) is 1.17. The lowest BCUT2D eigenvalue weighted by atomic mass is 10.1. The molecular weight excluding hydrogens is 299 g/mol. The number of halogens is 2. The van der Waals surface area contributed by atoms with Crippen LogP contribution in [0.4, 0.5) is 4.39 Å². The van der Waals surface area contributed by atoms with Gasteiger partial charge in [-0.25, -0.2) is 12.8 Å². The standard InChI is InChI=1S/C10H12BrFO3S/c1-2-16(14,15)10(11)9(13)7-3-5-8(12)6-4-7/h3-6,9-10,13H,2H2,1H3/t9-,10-/m1/s1. The topological polar surface area (TPSA) is 54.4 Å². The molecule has 1 rings (SSSR count). The van der Waals surface area contributed by atoms with E-state index < -0.39 is 25.9 Å². The highest BCUT2D eigenvalue weighted by Gasteiger charge is 2.29. The number of rotatable bonds is 4. The molecule has 0 fully saturated rings. The largest absolute Gasteiger partial charge is 0.386 e. The van der Waals surface area contributed by atoms with E-state index in [9.17, 15) is 17.9 Å². The molecule has 6 heteroatoms. The van der Waals surface area contributed by atoms with Crippen LogP contribution in [0.15, 0.2) is 24.3 Å². The molecule has 0 unspecified atom stereocenters. The summed E-state index contributed by atoms with van der Waals surface area (Å²) in [7, 11) is -3.38. The summed E-state index contributed by atoms with van der Waals surface area (Å²) in [6, 6.07) is 5.08. The van der Waals surface area contributed by atoms with E-state index >= 15 is 0 Å². The Labute approximate surface area is 102 Å². The van der Waals surface area contributed by atoms with Gasteiger partial charge in [0.1, 0.15) is 16.1 Å². The van der Waals surface area contributed by atoms with E-state index in [-0.39, 0.29) is 5.75 Å². The molecule has 0 saturated carbocycles. The van der Waals surface area contributed by atoms with Gasteiger partial charge >= 0.3 is 0 Å². The number of alkyl halides is 1. The van der Waals surface area contributed by atoms with Gasteiger partial charge in [-0.3, -0.25) is 0 Å². The lowest BCUT2D eigenvalue weighted by molar-refractivity contribution is 0.195. The van der Waals surface area contributed by atoms with Crippen LogP contribution < -0.4 is 0 Å². The van der Waals surface area contributed by atoms with Crippen molar-refractivity contribution in [2.24, 2.45) is 0 Å². The molecule has 0 amide bonds. The maximum absolute atomic E-state index is 12.6. The summed E-state index contributed by atoms with van der Waals surface area (Å²) in [6.07, 6.45) is -1.20. The number of aliphatic hydroxyl groups excluding tert-OH is 1. The fourth-order valence-corrected chi connectivity index (χ4v) is 3.13. The molecule has 0 heterocycles. The zero-order chi connectivity index (χ0) is 12.3. The molecule has 2 atom stereocenters. The third-order valence-corrected chi connectivity index (χ3v) is 6.16. The van der Waals surface area contributed by atoms with Crippen LogP contribution in [-0.2, 0) is 9.84 Å². The van der Waals surface area contributed by atoms with E-state index in [1.807, 2.05) is 0 Å². The molecule has 0 aliphatic heterocycles. The third-order valence-electron chi connectivity index (χ3n) is 2.21. The number of hydrogen-bond donors (Lipinski definition) is 1. The van der Waals surface area contributed by atoms with Gasteiger partial charge in [0.05, 0.1) is 0 Å². The van der Waals surface area contributed by atoms with Crippen molar-refractivity contribution >= 4 is 25.8 Å². The van der Waals surface area contributed by atoms with E-state index in [0.29, 0.717) is 5.56 Å². The van der Waals surface area contributed by atoms with Gasteiger partial charge in [0, 0.05) is 5.75 Å². The van der Waals surface area contributed by atoms with Crippen molar-refractivity contribution < 1.29 is 17.9 Å². The van der Waals surface area contributed by atoms with Crippen molar-refractivity contribution in [3.05, 3.63) is 35.6 Å². The first kappa shape index (κ1) is 13.6. The molecule has 16 heavy (non-hydrogen) atoms. The minimum atomic E-state index is -3.38. The summed E-state index contributed by atoms with van der Waals surface area (Å²) in [5, 5.41) is 9.80. The van der Waals surface area contributed by atoms with Crippen molar-refractivity contribution in [2.75, 3.05) is 5.75 Å². The Morgan fingerprint density at radius 1 is 1.38 bits per heavy atom. The van der Waals surface area contributed by atoms with Gasteiger partial charge in [-0.1, -0.05) is 35.0 Å². The summed E-state index contributed by atoms with van der Waals surface area (Å²) >= 11 is 2.95. The van der Waals surface area contributed by atoms with Gasteiger partial charge in [0.2, 0.25) is 0 Å². The second-order valence-electron chi connectivity index (χ2n) is 3.30. The van der Waals surface area contributed by atoms with Crippen molar-refractivity contribution in [3.63, 3.8) is 0 Å². The van der Waals surface area contributed by atoms with Crippen LogP contribution in [-0.4, -0.2) is 23.4 Å². The van der Waals surface area contributed by atoms with E-state index in [0.717, 1.165) is 0 Å². The Bertz CT molecular complexity index is 444. The molecule has 1 N–H and O–H groups in total. The van der Waals surface area contributed by atoms with Gasteiger partial charge in [0.15, 0.2) is 9.84 Å². The summed E-state index contributed by atoms with van der Waals surface area (Å²) in [5.74, 6) is -0.498. The van der Waals surface area contributed by atoms with E-state index in [1.165, 1.54) is 31.2 Å². The Kier molecular flexibility index (Phi) is 4.46. The van der Waals surface area contributed by atoms with Crippen LogP contribution in [0, 0.1) is 5.82 Å². The predicted molar refractivity (Wildman–Crippen MR) is 63.5 cm³/mol. The lowest BCUT2D eigenvalue weighted by Crippen LogP contribution is -2.24. The SMILES string of the molecule is CCS(=O)(=O)[C@@H](Br)[C@H](O)c1ccc(F)cc1. The number of aliphatic hydroxyl groups is 1. The second kappa shape index (κ2) is 5.25. The highest BCUT2D eigenvalue weighted by molar-refractivity contribution is 9.11. The van der Waals surface area contributed by atoms with E-state index in [4.69, 9.17) is 0 Å². The van der Waals surface area contributed by atoms with Crippen LogP contribution in [0.3, 0.4) is 0 Å². The molecule has 1 aromatic rings. The zero-order valence-corrected chi connectivity index (χ0v) is 11.0. The Morgan fingerprint density at radius 2 is 1.88 bits per heavy atom. The molecule has 0 bridgehead atoms. The molecule has 90 valence electrons. The van der Waals surface area contributed by atoms with Crippen LogP contribution in [0.1, 0.15) is 18.6 Å². The number of benzene rings is 1. The Hall–Kier alpha value is -0.460. The zero-order valence-electron chi connectivity index (χ0n) is 8.60. The van der Waals surface area contributed by atoms with E-state index in [1.54, 1.807) is 0 Å². The Morgan fingerprint density at radius 3 is 2.31 bits per heavy atom. The molecule has 0 radical (unpaired) electrons. The average Bonchev–Trinajstić information content (AvgIpc) is 2.28. The summed E-state index contributed by atoms with van der Waals surface area (Å²) in [4.78, 5) is 0. The molecule has 3 nitrogen and oxygen atoms in total. The fraction of sp³-hybridized carbons (Fsp3) is 0.400. The number of hydrogen-bond acceptors (Lipinski definition) is 3. The van der Waals surface area contributed by atoms with Gasteiger partial charge in [-0.15, -0.1) is 0 Å². The number of sulfone groups is 1. The normalized spacial score (nSPS) is 15.8. The van der Waals surface area contributed by atoms with Crippen LogP contribution >= 0.6 is 15.9 Å². The van der Waals surface area contributed by atoms with Crippen LogP contribution in [0.2, 0.25) is 0 Å². The highest BCUT2D eigenvalue weighted by Crippen LogP contribution is 2.27. The van der Waals surface area contributed by atoms with Crippen LogP contribution in [0.5, 0.6) is 0 Å². The monoisotopic (exact) mass is 310 g/mol. The quantitative estimate of drug-likeness (QED) is 0.866. The van der Waals surface area contributed by atoms with Crippen LogP contribution in [0.25, 0.3) is 0 Å². The lowest BCUT2D eigenvalue weighted by Gasteiger charge is -2.17. The molecular formula is C10H12BrFO3S. The molecule has 0 aromatic heterocycles. The first-order valence-corrected chi connectivity index (χ1v) is 7.30. The summed E-state index contributed by atoms with van der Waals surface area (Å²) in [6.45, 7) is 1.50. The third kappa shape index (κ3) is 3.02. The van der Waals surface area contributed by atoms with Gasteiger partial charge in [-0.2, -0.15) is 0 Å². The maximum atomic E-state index is 12.6. The van der Waals surface area contributed by atoms with E-state index in [2.05, 4.69) is 15.9 Å². The first-order valence-electron chi connectivity index (χ1n) is 4.67. The molecule has 0 aliphatic carbocycles. The average molecular weight is 311 g/mol. The predicted octanol–water partition coefficient (Wildman–Crippen LogP) is 2.01. The second-order valence-corrected chi connectivity index (χ2v) is 7.30. The molecule has 0 aliphatic rings. The first-order chi connectivity index (χ1) is 7.38. The van der Waals surface area contributed by atoms with Gasteiger partial charge in [-0.05, 0) is 17.7 Å². The van der Waals surface area contributed by atoms with Crippen molar-refractivity contribution in [3.8, 4) is 0 Å². The van der Waals surface area contributed by atoms with Crippen molar-refractivity contribution in [1.29, 1.82) is 0 Å². The highest BCUT2D eigenvalue weighted by atomic mass is 79.9. The maximum Gasteiger partial charge on any atom is 0.165 e. The van der Waals surface area contributed by atoms with Gasteiger partial charge < -0.3 is 5.11 Å². The minimum Gasteiger partial charge on any atom is -0.386 e. The van der Waals surface area contributed by atoms with Crippen molar-refractivity contribution in [2.45, 2.75) is 17.2 Å². The summed E-state index contributed by atoms with van der Waals surface area (Å²) < 4.78 is 34.6. The molecule has 0 saturated heterocycles. The molecule has 0 spiro atoms. The molecule has 1 aromatic carbocycles.